The van der Waals surface area contributed by atoms with Gasteiger partial charge in [-0.15, -0.1) is 5.10 Å². The van der Waals surface area contributed by atoms with Gasteiger partial charge in [0, 0.05) is 22.3 Å². The van der Waals surface area contributed by atoms with Crippen molar-refractivity contribution in [2.45, 2.75) is 6.04 Å². The van der Waals surface area contributed by atoms with Crippen LogP contribution in [-0.4, -0.2) is 80.2 Å². The average molecular weight is 606 g/mol. The van der Waals surface area contributed by atoms with Gasteiger partial charge in [0.05, 0.1) is 43.2 Å². The summed E-state index contributed by atoms with van der Waals surface area (Å²) in [5.74, 6) is -0.506. The number of tetrazole rings is 1. The fourth-order valence-corrected chi connectivity index (χ4v) is 4.45. The highest BCUT2D eigenvalue weighted by Crippen LogP contribution is 2.23. The molecule has 0 bridgehead atoms. The van der Waals surface area contributed by atoms with E-state index >= 15 is 0 Å². The number of methoxy groups -OCH3 is 1. The van der Waals surface area contributed by atoms with Gasteiger partial charge in [0.2, 0.25) is 5.91 Å². The summed E-state index contributed by atoms with van der Waals surface area (Å²) < 4.78 is 11.1. The lowest BCUT2D eigenvalue weighted by atomic mass is 10.0. The Bertz CT molecular complexity index is 1720. The Labute approximate surface area is 248 Å². The van der Waals surface area contributed by atoms with E-state index in [0.29, 0.717) is 39.8 Å². The summed E-state index contributed by atoms with van der Waals surface area (Å²) in [6.45, 7) is 0.569. The predicted molar refractivity (Wildman–Crippen MR) is 153 cm³/mol. The molecule has 1 aliphatic heterocycles. The van der Waals surface area contributed by atoms with E-state index < -0.39 is 29.7 Å². The average Bonchev–Trinajstić information content (AvgIpc) is 3.69. The van der Waals surface area contributed by atoms with Gasteiger partial charge in [-0.2, -0.15) is 9.78 Å². The largest absolute Gasteiger partial charge is 0.453 e. The Hall–Kier alpha value is -5.57. The zero-order valence-corrected chi connectivity index (χ0v) is 23.3. The van der Waals surface area contributed by atoms with Gasteiger partial charge in [-0.05, 0) is 58.5 Å². The summed E-state index contributed by atoms with van der Waals surface area (Å²) in [5.41, 5.74) is 2.25. The third-order valence-electron chi connectivity index (χ3n) is 6.37. The molecule has 1 saturated heterocycles. The van der Waals surface area contributed by atoms with Crippen molar-refractivity contribution < 1.29 is 23.9 Å². The van der Waals surface area contributed by atoms with Gasteiger partial charge < -0.3 is 19.7 Å². The molecular formula is C27H24ClN9O6. The lowest BCUT2D eigenvalue weighted by Gasteiger charge is -2.22. The van der Waals surface area contributed by atoms with Crippen molar-refractivity contribution in [1.29, 1.82) is 0 Å². The Morgan fingerprint density at radius 2 is 2.00 bits per heavy atom. The van der Waals surface area contributed by atoms with E-state index in [-0.39, 0.29) is 18.7 Å². The molecule has 3 N–H and O–H groups in total. The van der Waals surface area contributed by atoms with Gasteiger partial charge >= 0.3 is 12.2 Å². The molecule has 3 heterocycles. The maximum Gasteiger partial charge on any atom is 0.411 e. The van der Waals surface area contributed by atoms with Gasteiger partial charge in [-0.25, -0.2) is 14.7 Å². The molecule has 1 aliphatic rings. The Kier molecular flexibility index (Phi) is 8.71. The number of hydrogen-bond acceptors (Lipinski definition) is 10. The maximum absolute atomic E-state index is 13.2. The number of rotatable bonds is 9. The van der Waals surface area contributed by atoms with Gasteiger partial charge in [-0.3, -0.25) is 14.9 Å². The predicted octanol–water partition coefficient (Wildman–Crippen LogP) is 2.57. The van der Waals surface area contributed by atoms with E-state index in [2.05, 4.69) is 41.1 Å². The number of amides is 3. The first-order valence-electron chi connectivity index (χ1n) is 12.8. The lowest BCUT2D eigenvalue weighted by molar-refractivity contribution is -0.117. The molecule has 43 heavy (non-hydrogen) atoms. The highest BCUT2D eigenvalue weighted by atomic mass is 35.5. The molecule has 220 valence electrons. The number of halogens is 1. The van der Waals surface area contributed by atoms with Crippen molar-refractivity contribution in [2.24, 2.45) is 0 Å². The minimum atomic E-state index is -0.822. The van der Waals surface area contributed by atoms with Crippen LogP contribution in [0.15, 0.2) is 65.7 Å². The van der Waals surface area contributed by atoms with Crippen molar-refractivity contribution in [3.63, 3.8) is 0 Å². The zero-order chi connectivity index (χ0) is 30.3. The molecule has 16 heteroatoms. The molecule has 4 aromatic rings. The van der Waals surface area contributed by atoms with Crippen molar-refractivity contribution in [3.8, 4) is 16.8 Å². The summed E-state index contributed by atoms with van der Waals surface area (Å²) in [7, 11) is 1.25. The molecule has 0 radical (unpaired) electrons. The minimum Gasteiger partial charge on any atom is -0.453 e. The van der Waals surface area contributed by atoms with E-state index in [1.807, 2.05) is 0 Å². The summed E-state index contributed by atoms with van der Waals surface area (Å²) in [4.78, 5) is 51.0. The van der Waals surface area contributed by atoms with Crippen molar-refractivity contribution in [2.75, 3.05) is 32.1 Å². The fraction of sp³-hybridized carbons (Fsp3) is 0.185. The van der Waals surface area contributed by atoms with Crippen LogP contribution < -0.4 is 16.2 Å². The van der Waals surface area contributed by atoms with Gasteiger partial charge in [0.25, 0.3) is 5.56 Å². The SMILES string of the molecule is COC(=O)Nc1ccc(-c2cc(C(CN3CCOC3=O)NC(=O)/C=C/c3cc(Cl)ccc3-n3cnnn3)n[nH]c2=O)cc1. The highest BCUT2D eigenvalue weighted by Gasteiger charge is 2.28. The van der Waals surface area contributed by atoms with Crippen LogP contribution >= 0.6 is 11.6 Å². The van der Waals surface area contributed by atoms with Crippen LogP contribution in [0.1, 0.15) is 17.3 Å². The normalized spacial score (nSPS) is 13.5. The van der Waals surface area contributed by atoms with Crippen LogP contribution in [0.5, 0.6) is 0 Å². The summed E-state index contributed by atoms with van der Waals surface area (Å²) >= 11 is 6.18. The van der Waals surface area contributed by atoms with Gasteiger partial charge in [-0.1, -0.05) is 23.7 Å². The number of H-pyrrole nitrogens is 1. The van der Waals surface area contributed by atoms with Crippen LogP contribution in [0.25, 0.3) is 22.9 Å². The van der Waals surface area contributed by atoms with Gasteiger partial charge in [0.15, 0.2) is 0 Å². The first-order valence-corrected chi connectivity index (χ1v) is 13.2. The molecule has 0 spiro atoms. The van der Waals surface area contributed by atoms with Crippen LogP contribution in [0.4, 0.5) is 15.3 Å². The van der Waals surface area contributed by atoms with Crippen molar-refractivity contribution in [1.82, 2.24) is 40.6 Å². The second-order valence-corrected chi connectivity index (χ2v) is 9.58. The molecule has 2 aromatic heterocycles. The monoisotopic (exact) mass is 605 g/mol. The Balaban J connectivity index is 1.41. The molecule has 0 aliphatic carbocycles. The second-order valence-electron chi connectivity index (χ2n) is 9.14. The van der Waals surface area contributed by atoms with E-state index in [0.717, 1.165) is 0 Å². The molecule has 15 nitrogen and oxygen atoms in total. The standard InChI is InChI=1S/C27H24ClN9O6/c1-42-26(40)30-19-6-2-16(3-7-19)20-13-21(32-33-25(20)39)22(14-36-10-11-43-27(36)41)31-24(38)9-4-17-12-18(28)5-8-23(17)37-15-29-34-35-37/h2-9,12-13,15,22H,10-11,14H2,1H3,(H,30,40)(H,31,38)(H,33,39)/b9-4+. The molecule has 1 unspecified atom stereocenters. The molecule has 5 rings (SSSR count). The minimum absolute atomic E-state index is 0.0337. The fourth-order valence-electron chi connectivity index (χ4n) is 4.27. The smallest absolute Gasteiger partial charge is 0.411 e. The number of carbonyl (C=O) groups is 3. The topological polar surface area (TPSA) is 186 Å². The number of carbonyl (C=O) groups excluding carboxylic acids is 3. The van der Waals surface area contributed by atoms with Gasteiger partial charge in [0.1, 0.15) is 12.9 Å². The summed E-state index contributed by atoms with van der Waals surface area (Å²) in [5, 5.41) is 23.6. The zero-order valence-electron chi connectivity index (χ0n) is 22.6. The Morgan fingerprint density at radius 1 is 1.19 bits per heavy atom. The lowest BCUT2D eigenvalue weighted by Crippen LogP contribution is -2.38. The van der Waals surface area contributed by atoms with Crippen LogP contribution in [0.2, 0.25) is 5.02 Å². The molecule has 3 amide bonds. The first-order chi connectivity index (χ1) is 20.8. The molecular weight excluding hydrogens is 582 g/mol. The summed E-state index contributed by atoms with van der Waals surface area (Å²) in [6, 6.07) is 12.2. The maximum atomic E-state index is 13.2. The van der Waals surface area contributed by atoms with Crippen molar-refractivity contribution >= 4 is 41.5 Å². The number of aromatic nitrogens is 6. The molecule has 2 aromatic carbocycles. The van der Waals surface area contributed by atoms with Crippen LogP contribution in [-0.2, 0) is 14.3 Å². The number of anilines is 1. The number of cyclic esters (lactones) is 1. The van der Waals surface area contributed by atoms with E-state index in [1.54, 1.807) is 48.5 Å². The quantitative estimate of drug-likeness (QED) is 0.239. The van der Waals surface area contributed by atoms with E-state index in [1.165, 1.54) is 35.2 Å². The van der Waals surface area contributed by atoms with Crippen molar-refractivity contribution in [3.05, 3.63) is 87.6 Å². The number of benzene rings is 2. The van der Waals surface area contributed by atoms with E-state index in [4.69, 9.17) is 16.3 Å². The molecule has 1 fully saturated rings. The number of aromatic amines is 1. The number of hydrogen-bond donors (Lipinski definition) is 3. The van der Waals surface area contributed by atoms with E-state index in [9.17, 15) is 19.2 Å². The first kappa shape index (κ1) is 28.9. The number of nitrogens with one attached hydrogen (secondary N) is 3. The second kappa shape index (κ2) is 12.9. The van der Waals surface area contributed by atoms with Crippen LogP contribution in [0, 0.1) is 0 Å². The Morgan fingerprint density at radius 3 is 2.70 bits per heavy atom. The third kappa shape index (κ3) is 7.02. The summed E-state index contributed by atoms with van der Waals surface area (Å²) in [6.07, 6.45) is 3.10. The number of nitrogens with zero attached hydrogens (tertiary/aromatic N) is 6. The highest BCUT2D eigenvalue weighted by molar-refractivity contribution is 6.30. The molecule has 0 saturated carbocycles. The third-order valence-corrected chi connectivity index (χ3v) is 6.61. The number of ether oxygens (including phenoxy) is 2. The molecule has 1 atom stereocenters. The van der Waals surface area contributed by atoms with Crippen LogP contribution in [0.3, 0.4) is 0 Å².